The predicted molar refractivity (Wildman–Crippen MR) is 57.7 cm³/mol. The largest absolute Gasteiger partial charge is 0.434 e. The van der Waals surface area contributed by atoms with Crippen LogP contribution in [0.5, 0.6) is 5.75 Å². The van der Waals surface area contributed by atoms with E-state index in [2.05, 4.69) is 4.74 Å². The van der Waals surface area contributed by atoms with E-state index < -0.39 is 6.61 Å². The molecule has 0 fully saturated rings. The summed E-state index contributed by atoms with van der Waals surface area (Å²) in [5.74, 6) is -0.592. The molecule has 1 rings (SSSR count). The van der Waals surface area contributed by atoms with Crippen molar-refractivity contribution in [2.24, 2.45) is 0 Å². The first-order valence-corrected chi connectivity index (χ1v) is 5.18. The Hall–Kier alpha value is -0.870. The Bertz CT molecular complexity index is 408. The van der Waals surface area contributed by atoms with E-state index in [1.807, 2.05) is 0 Å². The number of hydrogen-bond donors (Lipinski definition) is 0. The molecule has 0 atom stereocenters. The van der Waals surface area contributed by atoms with Gasteiger partial charge in [0.15, 0.2) is 5.78 Å². The number of ether oxygens (including phenoxy) is 1. The summed E-state index contributed by atoms with van der Waals surface area (Å²) in [5, 5.41) is 0.185. The number of halogens is 4. The molecular weight excluding hydrogens is 261 g/mol. The van der Waals surface area contributed by atoms with E-state index in [0.29, 0.717) is 0 Å². The van der Waals surface area contributed by atoms with Gasteiger partial charge in [0, 0.05) is 12.5 Å². The lowest BCUT2D eigenvalue weighted by atomic mass is 10.1. The minimum absolute atomic E-state index is 0.0113. The van der Waals surface area contributed by atoms with Crippen LogP contribution in [0.3, 0.4) is 0 Å². The van der Waals surface area contributed by atoms with Crippen LogP contribution in [0.25, 0.3) is 0 Å². The Morgan fingerprint density at radius 3 is 2.44 bits per heavy atom. The molecule has 0 amide bonds. The van der Waals surface area contributed by atoms with Gasteiger partial charge in [-0.05, 0) is 6.07 Å². The van der Waals surface area contributed by atoms with Crippen LogP contribution in [0.15, 0.2) is 12.1 Å². The summed E-state index contributed by atoms with van der Waals surface area (Å²) in [4.78, 5) is 11.5. The second kappa shape index (κ2) is 5.46. The van der Waals surface area contributed by atoms with Gasteiger partial charge < -0.3 is 4.74 Å². The normalized spacial score (nSPS) is 10.6. The number of ketones is 1. The first-order valence-electron chi connectivity index (χ1n) is 4.42. The predicted octanol–water partition coefficient (Wildman–Crippen LogP) is 4.19. The Morgan fingerprint density at radius 2 is 1.94 bits per heavy atom. The van der Waals surface area contributed by atoms with Gasteiger partial charge in [-0.15, -0.1) is 0 Å². The Morgan fingerprint density at radius 1 is 1.38 bits per heavy atom. The molecule has 0 aliphatic rings. The number of carbonyl (C=O) groups is 1. The third-order valence-corrected chi connectivity index (χ3v) is 2.58. The molecule has 0 saturated heterocycles. The van der Waals surface area contributed by atoms with Crippen molar-refractivity contribution in [1.29, 1.82) is 0 Å². The third-order valence-electron chi connectivity index (χ3n) is 1.86. The van der Waals surface area contributed by atoms with Gasteiger partial charge in [0.05, 0.1) is 15.6 Å². The summed E-state index contributed by atoms with van der Waals surface area (Å²) in [6.07, 6.45) is 0.164. The second-order valence-electron chi connectivity index (χ2n) is 2.92. The van der Waals surface area contributed by atoms with Gasteiger partial charge in [-0.3, -0.25) is 4.79 Å². The van der Waals surface area contributed by atoms with Crippen molar-refractivity contribution in [2.75, 3.05) is 0 Å². The molecule has 1 aromatic rings. The monoisotopic (exact) mass is 268 g/mol. The van der Waals surface area contributed by atoms with Crippen LogP contribution in [-0.4, -0.2) is 12.4 Å². The number of carbonyl (C=O) groups excluding carboxylic acids is 1. The van der Waals surface area contributed by atoms with Gasteiger partial charge in [0.25, 0.3) is 0 Å². The van der Waals surface area contributed by atoms with E-state index in [-0.39, 0.29) is 33.6 Å². The molecule has 0 saturated carbocycles. The molecule has 88 valence electrons. The van der Waals surface area contributed by atoms with Crippen LogP contribution >= 0.6 is 23.2 Å². The Balaban J connectivity index is 3.21. The highest BCUT2D eigenvalue weighted by atomic mass is 35.5. The zero-order chi connectivity index (χ0) is 12.3. The van der Waals surface area contributed by atoms with Gasteiger partial charge >= 0.3 is 6.61 Å². The molecule has 0 radical (unpaired) electrons. The summed E-state index contributed by atoms with van der Waals surface area (Å²) in [6, 6.07) is 2.34. The molecule has 0 aliphatic carbocycles. The maximum absolute atomic E-state index is 12.1. The average Bonchev–Trinajstić information content (AvgIpc) is 2.21. The summed E-state index contributed by atoms with van der Waals surface area (Å²) in [6.45, 7) is -1.41. The minimum atomic E-state index is -3.01. The lowest BCUT2D eigenvalue weighted by molar-refractivity contribution is -0.0501. The van der Waals surface area contributed by atoms with Gasteiger partial charge in [0.2, 0.25) is 0 Å². The maximum Gasteiger partial charge on any atom is 0.387 e. The molecule has 0 heterocycles. The van der Waals surface area contributed by atoms with Crippen molar-refractivity contribution in [3.63, 3.8) is 0 Å². The van der Waals surface area contributed by atoms with Crippen LogP contribution in [0.2, 0.25) is 10.0 Å². The van der Waals surface area contributed by atoms with E-state index in [0.717, 1.165) is 6.07 Å². The molecule has 0 bridgehead atoms. The molecule has 0 spiro atoms. The lowest BCUT2D eigenvalue weighted by Crippen LogP contribution is -2.07. The van der Waals surface area contributed by atoms with E-state index >= 15 is 0 Å². The van der Waals surface area contributed by atoms with E-state index in [1.54, 1.807) is 6.92 Å². The number of hydrogen-bond acceptors (Lipinski definition) is 2. The zero-order valence-corrected chi connectivity index (χ0v) is 9.78. The van der Waals surface area contributed by atoms with Crippen molar-refractivity contribution in [3.8, 4) is 5.75 Å². The molecule has 0 aromatic heterocycles. The molecule has 0 aliphatic heterocycles. The van der Waals surface area contributed by atoms with Crippen LogP contribution in [0.1, 0.15) is 23.7 Å². The SMILES string of the molecule is CCC(=O)c1cc(Cl)c(Cl)cc1OC(F)F. The van der Waals surface area contributed by atoms with Crippen molar-refractivity contribution in [2.45, 2.75) is 20.0 Å². The van der Waals surface area contributed by atoms with Gasteiger partial charge in [0.1, 0.15) is 5.75 Å². The maximum atomic E-state index is 12.1. The zero-order valence-electron chi connectivity index (χ0n) is 8.27. The number of benzene rings is 1. The fourth-order valence-electron chi connectivity index (χ4n) is 1.13. The Kier molecular flexibility index (Phi) is 4.50. The molecule has 0 unspecified atom stereocenters. The number of alkyl halides is 2. The van der Waals surface area contributed by atoms with Crippen molar-refractivity contribution in [3.05, 3.63) is 27.7 Å². The van der Waals surface area contributed by atoms with Crippen LogP contribution < -0.4 is 4.74 Å². The smallest absolute Gasteiger partial charge is 0.387 e. The summed E-state index contributed by atoms with van der Waals surface area (Å²) < 4.78 is 28.4. The third kappa shape index (κ3) is 3.06. The number of Topliss-reactive ketones (excluding diaryl/α,β-unsaturated/α-hetero) is 1. The van der Waals surface area contributed by atoms with Gasteiger partial charge in [-0.2, -0.15) is 8.78 Å². The average molecular weight is 269 g/mol. The van der Waals surface area contributed by atoms with Crippen molar-refractivity contribution < 1.29 is 18.3 Å². The van der Waals surface area contributed by atoms with Crippen molar-refractivity contribution in [1.82, 2.24) is 0 Å². The standard InChI is InChI=1S/C10H8Cl2F2O2/c1-2-8(15)5-3-6(11)7(12)4-9(5)16-10(13)14/h3-4,10H,2H2,1H3. The lowest BCUT2D eigenvalue weighted by Gasteiger charge is -2.10. The quantitative estimate of drug-likeness (QED) is 0.766. The fourth-order valence-corrected chi connectivity index (χ4v) is 1.45. The van der Waals surface area contributed by atoms with Crippen LogP contribution in [-0.2, 0) is 0 Å². The first-order chi connectivity index (χ1) is 7.45. The summed E-state index contributed by atoms with van der Waals surface area (Å²) >= 11 is 11.3. The Labute approximate surface area is 101 Å². The molecule has 16 heavy (non-hydrogen) atoms. The van der Waals surface area contributed by atoms with Crippen molar-refractivity contribution >= 4 is 29.0 Å². The highest BCUT2D eigenvalue weighted by Gasteiger charge is 2.17. The summed E-state index contributed by atoms with van der Waals surface area (Å²) in [5.41, 5.74) is 0.0113. The van der Waals surface area contributed by atoms with E-state index in [9.17, 15) is 13.6 Å². The molecule has 1 aromatic carbocycles. The molecular formula is C10H8Cl2F2O2. The van der Waals surface area contributed by atoms with Gasteiger partial charge in [-0.25, -0.2) is 0 Å². The van der Waals surface area contributed by atoms with Crippen LogP contribution in [0.4, 0.5) is 8.78 Å². The number of rotatable bonds is 4. The van der Waals surface area contributed by atoms with E-state index in [1.165, 1.54) is 6.07 Å². The fraction of sp³-hybridized carbons (Fsp3) is 0.300. The minimum Gasteiger partial charge on any atom is -0.434 e. The molecule has 2 nitrogen and oxygen atoms in total. The topological polar surface area (TPSA) is 26.3 Å². The highest BCUT2D eigenvalue weighted by molar-refractivity contribution is 6.42. The second-order valence-corrected chi connectivity index (χ2v) is 3.73. The summed E-state index contributed by atoms with van der Waals surface area (Å²) in [7, 11) is 0. The molecule has 0 N–H and O–H groups in total. The van der Waals surface area contributed by atoms with E-state index in [4.69, 9.17) is 23.2 Å². The van der Waals surface area contributed by atoms with Gasteiger partial charge in [-0.1, -0.05) is 30.1 Å². The molecule has 6 heteroatoms. The van der Waals surface area contributed by atoms with Crippen LogP contribution in [0, 0.1) is 0 Å². The highest BCUT2D eigenvalue weighted by Crippen LogP contribution is 2.32. The first kappa shape index (κ1) is 13.2.